The van der Waals surface area contributed by atoms with Crippen LogP contribution in [0.4, 0.5) is 0 Å². The molecular formula is C21H15ClN2O2S. The van der Waals surface area contributed by atoms with Crippen molar-refractivity contribution in [3.63, 3.8) is 0 Å². The second-order valence-electron chi connectivity index (χ2n) is 5.87. The summed E-state index contributed by atoms with van der Waals surface area (Å²) in [7, 11) is 0. The first-order valence-electron chi connectivity index (χ1n) is 8.32. The molecule has 0 bridgehead atoms. The number of aromatic nitrogens is 1. The summed E-state index contributed by atoms with van der Waals surface area (Å²) in [4.78, 5) is 17.7. The lowest BCUT2D eigenvalue weighted by Gasteiger charge is -2.05. The second-order valence-corrected chi connectivity index (χ2v) is 7.44. The van der Waals surface area contributed by atoms with E-state index in [4.69, 9.17) is 16.3 Å². The van der Waals surface area contributed by atoms with Gasteiger partial charge >= 0.3 is 0 Å². The molecule has 4 nitrogen and oxygen atoms in total. The fourth-order valence-corrected chi connectivity index (χ4v) is 3.63. The van der Waals surface area contributed by atoms with Gasteiger partial charge in [0.25, 0.3) is 5.91 Å². The van der Waals surface area contributed by atoms with Crippen LogP contribution in [0.25, 0.3) is 10.9 Å². The van der Waals surface area contributed by atoms with Crippen molar-refractivity contribution < 1.29 is 9.53 Å². The van der Waals surface area contributed by atoms with Crippen LogP contribution in [0, 0.1) is 0 Å². The van der Waals surface area contributed by atoms with Crippen LogP contribution < -0.4 is 10.1 Å². The molecule has 0 spiro atoms. The Hall–Kier alpha value is -2.89. The molecular weight excluding hydrogens is 380 g/mol. The average molecular weight is 395 g/mol. The van der Waals surface area contributed by atoms with E-state index in [0.717, 1.165) is 20.8 Å². The highest BCUT2D eigenvalue weighted by Crippen LogP contribution is 2.30. The summed E-state index contributed by atoms with van der Waals surface area (Å²) in [5.41, 5.74) is 1.48. The van der Waals surface area contributed by atoms with Gasteiger partial charge in [-0.2, -0.15) is 0 Å². The van der Waals surface area contributed by atoms with Crippen molar-refractivity contribution in [1.82, 2.24) is 10.3 Å². The van der Waals surface area contributed by atoms with Crippen LogP contribution in [0.1, 0.15) is 15.2 Å². The van der Waals surface area contributed by atoms with E-state index in [1.54, 1.807) is 24.4 Å². The van der Waals surface area contributed by atoms with E-state index < -0.39 is 0 Å². The molecule has 0 aliphatic carbocycles. The number of thiophene rings is 1. The number of carbonyl (C=O) groups is 1. The van der Waals surface area contributed by atoms with Crippen LogP contribution >= 0.6 is 22.9 Å². The fraction of sp³-hybridized carbons (Fsp3) is 0.0476. The number of benzene rings is 2. The Morgan fingerprint density at radius 1 is 1.07 bits per heavy atom. The molecule has 2 aromatic carbocycles. The minimum absolute atomic E-state index is 0.119. The van der Waals surface area contributed by atoms with E-state index in [2.05, 4.69) is 10.3 Å². The summed E-state index contributed by atoms with van der Waals surface area (Å²) >= 11 is 7.45. The molecule has 0 saturated carbocycles. The quantitative estimate of drug-likeness (QED) is 0.474. The van der Waals surface area contributed by atoms with Crippen LogP contribution in [0.3, 0.4) is 0 Å². The summed E-state index contributed by atoms with van der Waals surface area (Å²) in [6, 6.07) is 20.4. The summed E-state index contributed by atoms with van der Waals surface area (Å²) in [6.45, 7) is 0.438. The largest absolute Gasteiger partial charge is 0.447 e. The van der Waals surface area contributed by atoms with Crippen molar-refractivity contribution >= 4 is 39.7 Å². The smallest absolute Gasteiger partial charge is 0.251 e. The molecule has 0 fully saturated rings. The Morgan fingerprint density at radius 3 is 2.89 bits per heavy atom. The molecule has 4 aromatic rings. The highest BCUT2D eigenvalue weighted by molar-refractivity contribution is 7.13. The van der Waals surface area contributed by atoms with E-state index >= 15 is 0 Å². The van der Waals surface area contributed by atoms with Crippen molar-refractivity contribution in [3.8, 4) is 10.8 Å². The molecule has 0 atom stereocenters. The second kappa shape index (κ2) is 7.78. The molecule has 0 unspecified atom stereocenters. The number of nitrogens with one attached hydrogen (secondary N) is 1. The molecule has 0 aliphatic heterocycles. The highest BCUT2D eigenvalue weighted by atomic mass is 35.5. The van der Waals surface area contributed by atoms with Gasteiger partial charge in [0.15, 0.2) is 5.06 Å². The molecule has 1 amide bonds. The standard InChI is InChI=1S/C21H15ClN2O2S/c22-16-4-1-5-17(12-16)26-20-9-7-18(27-20)13-24-21(25)15-6-8-19-14(11-15)3-2-10-23-19/h1-12H,13H2,(H,24,25). The van der Waals surface area contributed by atoms with Crippen LogP contribution in [0.2, 0.25) is 5.02 Å². The number of ether oxygens (including phenoxy) is 1. The molecule has 4 rings (SSSR count). The van der Waals surface area contributed by atoms with Crippen LogP contribution in [-0.4, -0.2) is 10.9 Å². The summed E-state index contributed by atoms with van der Waals surface area (Å²) in [5, 5.41) is 5.26. The van der Waals surface area contributed by atoms with Crippen molar-refractivity contribution in [1.29, 1.82) is 0 Å². The number of rotatable bonds is 5. The van der Waals surface area contributed by atoms with E-state index in [-0.39, 0.29) is 5.91 Å². The first-order chi connectivity index (χ1) is 13.2. The summed E-state index contributed by atoms with van der Waals surface area (Å²) in [5.74, 6) is 0.566. The maximum absolute atomic E-state index is 12.4. The van der Waals surface area contributed by atoms with Gasteiger partial charge in [0.2, 0.25) is 0 Å². The van der Waals surface area contributed by atoms with Gasteiger partial charge in [-0.3, -0.25) is 9.78 Å². The number of nitrogens with zero attached hydrogens (tertiary/aromatic N) is 1. The van der Waals surface area contributed by atoms with E-state index in [1.165, 1.54) is 11.3 Å². The monoisotopic (exact) mass is 394 g/mol. The first kappa shape index (κ1) is 17.5. The third kappa shape index (κ3) is 4.27. The molecule has 6 heteroatoms. The Kier molecular flexibility index (Phi) is 5.05. The molecule has 1 N–H and O–H groups in total. The lowest BCUT2D eigenvalue weighted by Crippen LogP contribution is -2.22. The lowest BCUT2D eigenvalue weighted by atomic mass is 10.1. The van der Waals surface area contributed by atoms with Crippen molar-refractivity contribution in [2.24, 2.45) is 0 Å². The molecule has 0 saturated heterocycles. The zero-order chi connectivity index (χ0) is 18.6. The average Bonchev–Trinajstić information content (AvgIpc) is 3.13. The normalized spacial score (nSPS) is 10.7. The summed E-state index contributed by atoms with van der Waals surface area (Å²) < 4.78 is 5.79. The first-order valence-corrected chi connectivity index (χ1v) is 9.52. The topological polar surface area (TPSA) is 51.2 Å². The zero-order valence-electron chi connectivity index (χ0n) is 14.2. The number of carbonyl (C=O) groups excluding carboxylic acids is 1. The number of pyridine rings is 1. The summed E-state index contributed by atoms with van der Waals surface area (Å²) in [6.07, 6.45) is 1.74. The maximum atomic E-state index is 12.4. The van der Waals surface area contributed by atoms with E-state index in [9.17, 15) is 4.79 Å². The molecule has 27 heavy (non-hydrogen) atoms. The van der Waals surface area contributed by atoms with Gasteiger partial charge in [0.05, 0.1) is 12.1 Å². The lowest BCUT2D eigenvalue weighted by molar-refractivity contribution is 0.0951. The van der Waals surface area contributed by atoms with Crippen LogP contribution in [-0.2, 0) is 6.54 Å². The van der Waals surface area contributed by atoms with Gasteiger partial charge in [-0.25, -0.2) is 0 Å². The molecule has 2 heterocycles. The Labute approximate surface area is 165 Å². The maximum Gasteiger partial charge on any atom is 0.251 e. The van der Waals surface area contributed by atoms with Crippen LogP contribution in [0.5, 0.6) is 10.8 Å². The Morgan fingerprint density at radius 2 is 2.00 bits per heavy atom. The van der Waals surface area contributed by atoms with Gasteiger partial charge in [-0.05, 0) is 54.6 Å². The van der Waals surface area contributed by atoms with E-state index in [1.807, 2.05) is 48.5 Å². The minimum atomic E-state index is -0.119. The number of hydrogen-bond donors (Lipinski definition) is 1. The minimum Gasteiger partial charge on any atom is -0.447 e. The molecule has 0 aliphatic rings. The van der Waals surface area contributed by atoms with E-state index in [0.29, 0.717) is 22.9 Å². The van der Waals surface area contributed by atoms with Gasteiger partial charge in [-0.1, -0.05) is 23.7 Å². The Bertz CT molecular complexity index is 1110. The van der Waals surface area contributed by atoms with Crippen molar-refractivity contribution in [3.05, 3.63) is 88.4 Å². The van der Waals surface area contributed by atoms with Gasteiger partial charge in [0, 0.05) is 27.0 Å². The fourth-order valence-electron chi connectivity index (χ4n) is 2.64. The zero-order valence-corrected chi connectivity index (χ0v) is 15.8. The molecule has 0 radical (unpaired) electrons. The SMILES string of the molecule is O=C(NCc1ccc(Oc2cccc(Cl)c2)s1)c1ccc2ncccc2c1. The predicted molar refractivity (Wildman–Crippen MR) is 109 cm³/mol. The molecule has 2 aromatic heterocycles. The third-order valence-corrected chi connectivity index (χ3v) is 5.14. The van der Waals surface area contributed by atoms with Crippen molar-refractivity contribution in [2.75, 3.05) is 0 Å². The predicted octanol–water partition coefficient (Wildman–Crippen LogP) is 5.67. The van der Waals surface area contributed by atoms with Gasteiger partial charge < -0.3 is 10.1 Å². The number of fused-ring (bicyclic) bond motifs is 1. The van der Waals surface area contributed by atoms with Gasteiger partial charge in [0.1, 0.15) is 5.75 Å². The number of hydrogen-bond acceptors (Lipinski definition) is 4. The van der Waals surface area contributed by atoms with Crippen LogP contribution in [0.15, 0.2) is 72.9 Å². The number of halogens is 1. The highest BCUT2D eigenvalue weighted by Gasteiger charge is 2.08. The van der Waals surface area contributed by atoms with Crippen molar-refractivity contribution in [2.45, 2.75) is 6.54 Å². The molecule has 134 valence electrons. The number of amides is 1. The Balaban J connectivity index is 1.39. The van der Waals surface area contributed by atoms with Gasteiger partial charge in [-0.15, -0.1) is 11.3 Å². The third-order valence-electron chi connectivity index (χ3n) is 3.94.